The van der Waals surface area contributed by atoms with Crippen LogP contribution in [0.4, 0.5) is 0 Å². The highest BCUT2D eigenvalue weighted by Gasteiger charge is 2.40. The van der Waals surface area contributed by atoms with Crippen molar-refractivity contribution in [3.8, 4) is 6.07 Å². The number of hydrogen-bond acceptors (Lipinski definition) is 3. The van der Waals surface area contributed by atoms with E-state index in [0.29, 0.717) is 5.25 Å². The standard InChI is InChI=1S/C16H26N2OS/c1-20-14-8-6-7-13(11-14)18-15(19)16(12-17)9-4-2-3-5-10-16/h13-14H,2-11H2,1H3,(H,18,19). The van der Waals surface area contributed by atoms with Gasteiger partial charge in [0.25, 0.3) is 0 Å². The highest BCUT2D eigenvalue weighted by atomic mass is 32.2. The van der Waals surface area contributed by atoms with Crippen LogP contribution in [-0.4, -0.2) is 23.5 Å². The first kappa shape index (κ1) is 15.7. The van der Waals surface area contributed by atoms with Crippen LogP contribution in [0.15, 0.2) is 0 Å². The number of rotatable bonds is 3. The molecular weight excluding hydrogens is 268 g/mol. The Morgan fingerprint density at radius 3 is 2.50 bits per heavy atom. The van der Waals surface area contributed by atoms with E-state index >= 15 is 0 Å². The van der Waals surface area contributed by atoms with E-state index in [1.54, 1.807) is 0 Å². The molecule has 0 aliphatic heterocycles. The van der Waals surface area contributed by atoms with Crippen molar-refractivity contribution in [2.45, 2.75) is 75.5 Å². The van der Waals surface area contributed by atoms with E-state index in [0.717, 1.165) is 51.4 Å². The van der Waals surface area contributed by atoms with Gasteiger partial charge in [-0.2, -0.15) is 17.0 Å². The zero-order valence-electron chi connectivity index (χ0n) is 12.5. The van der Waals surface area contributed by atoms with Gasteiger partial charge >= 0.3 is 0 Å². The largest absolute Gasteiger partial charge is 0.352 e. The Kier molecular flexibility index (Phi) is 5.77. The molecule has 4 heteroatoms. The lowest BCUT2D eigenvalue weighted by molar-refractivity contribution is -0.129. The summed E-state index contributed by atoms with van der Waals surface area (Å²) in [7, 11) is 0. The number of hydrogen-bond donors (Lipinski definition) is 1. The van der Waals surface area contributed by atoms with Gasteiger partial charge in [-0.15, -0.1) is 0 Å². The zero-order chi connectivity index (χ0) is 14.4. The Labute approximate surface area is 126 Å². The van der Waals surface area contributed by atoms with E-state index in [4.69, 9.17) is 0 Å². The van der Waals surface area contributed by atoms with E-state index in [1.165, 1.54) is 12.8 Å². The van der Waals surface area contributed by atoms with Crippen molar-refractivity contribution in [2.24, 2.45) is 5.41 Å². The van der Waals surface area contributed by atoms with Gasteiger partial charge in [0.1, 0.15) is 5.41 Å². The molecule has 2 aliphatic rings. The average molecular weight is 294 g/mol. The molecular formula is C16H26N2OS. The Hall–Kier alpha value is -0.690. The second-order valence-electron chi connectivity index (χ2n) is 6.30. The van der Waals surface area contributed by atoms with Crippen molar-refractivity contribution >= 4 is 17.7 Å². The van der Waals surface area contributed by atoms with Gasteiger partial charge in [0.05, 0.1) is 6.07 Å². The van der Waals surface area contributed by atoms with E-state index in [1.807, 2.05) is 11.8 Å². The molecule has 0 aromatic heterocycles. The lowest BCUT2D eigenvalue weighted by Gasteiger charge is -2.32. The summed E-state index contributed by atoms with van der Waals surface area (Å²) in [5, 5.41) is 13.4. The van der Waals surface area contributed by atoms with E-state index in [2.05, 4.69) is 17.6 Å². The van der Waals surface area contributed by atoms with Crippen LogP contribution in [0.5, 0.6) is 0 Å². The smallest absolute Gasteiger partial charge is 0.240 e. The predicted molar refractivity (Wildman–Crippen MR) is 83.4 cm³/mol. The molecule has 3 nitrogen and oxygen atoms in total. The van der Waals surface area contributed by atoms with Gasteiger partial charge in [-0.3, -0.25) is 4.79 Å². The molecule has 2 atom stereocenters. The van der Waals surface area contributed by atoms with Crippen LogP contribution >= 0.6 is 11.8 Å². The fraction of sp³-hybridized carbons (Fsp3) is 0.875. The third kappa shape index (κ3) is 3.69. The topological polar surface area (TPSA) is 52.9 Å². The fourth-order valence-corrected chi connectivity index (χ4v) is 4.36. The lowest BCUT2D eigenvalue weighted by atomic mass is 9.80. The molecule has 0 radical (unpaired) electrons. The number of amides is 1. The summed E-state index contributed by atoms with van der Waals surface area (Å²) in [6.45, 7) is 0. The number of nitrogens with zero attached hydrogens (tertiary/aromatic N) is 1. The quantitative estimate of drug-likeness (QED) is 0.808. The molecule has 112 valence electrons. The van der Waals surface area contributed by atoms with Crippen molar-refractivity contribution in [3.63, 3.8) is 0 Å². The maximum atomic E-state index is 12.6. The van der Waals surface area contributed by atoms with Gasteiger partial charge in [0, 0.05) is 11.3 Å². The number of nitrogens with one attached hydrogen (secondary N) is 1. The molecule has 1 N–H and O–H groups in total. The molecule has 0 aromatic rings. The number of carbonyl (C=O) groups excluding carboxylic acids is 1. The SMILES string of the molecule is CSC1CCCC(NC(=O)C2(C#N)CCCCCC2)C1. The Bertz CT molecular complexity index is 369. The van der Waals surface area contributed by atoms with Crippen molar-refractivity contribution < 1.29 is 4.79 Å². The van der Waals surface area contributed by atoms with Crippen LogP contribution in [0.2, 0.25) is 0 Å². The highest BCUT2D eigenvalue weighted by molar-refractivity contribution is 7.99. The summed E-state index contributed by atoms with van der Waals surface area (Å²) in [5.74, 6) is 0.00801. The first-order valence-corrected chi connectivity index (χ1v) is 9.24. The summed E-state index contributed by atoms with van der Waals surface area (Å²) in [6, 6.07) is 2.63. The van der Waals surface area contributed by atoms with Gasteiger partial charge in [-0.25, -0.2) is 0 Å². The molecule has 2 saturated carbocycles. The Morgan fingerprint density at radius 2 is 1.90 bits per heavy atom. The molecule has 2 fully saturated rings. The second-order valence-corrected chi connectivity index (χ2v) is 7.44. The summed E-state index contributed by atoms with van der Waals surface area (Å²) in [4.78, 5) is 12.6. The van der Waals surface area contributed by atoms with E-state index in [9.17, 15) is 10.1 Å². The summed E-state index contributed by atoms with van der Waals surface area (Å²) in [6.07, 6.45) is 12.6. The monoisotopic (exact) mass is 294 g/mol. The van der Waals surface area contributed by atoms with Gasteiger partial charge in [-0.05, 0) is 38.4 Å². The van der Waals surface area contributed by atoms with Crippen LogP contribution < -0.4 is 5.32 Å². The van der Waals surface area contributed by atoms with Crippen LogP contribution in [-0.2, 0) is 4.79 Å². The first-order chi connectivity index (χ1) is 9.70. The van der Waals surface area contributed by atoms with Crippen molar-refractivity contribution in [3.05, 3.63) is 0 Å². The molecule has 2 aliphatic carbocycles. The van der Waals surface area contributed by atoms with Crippen molar-refractivity contribution in [1.82, 2.24) is 5.32 Å². The molecule has 2 rings (SSSR count). The minimum Gasteiger partial charge on any atom is -0.352 e. The van der Waals surface area contributed by atoms with Gasteiger partial charge in [-0.1, -0.05) is 32.1 Å². The maximum Gasteiger partial charge on any atom is 0.240 e. The third-order valence-corrected chi connectivity index (χ3v) is 6.00. The van der Waals surface area contributed by atoms with E-state index < -0.39 is 5.41 Å². The number of thioether (sulfide) groups is 1. The Morgan fingerprint density at radius 1 is 1.20 bits per heavy atom. The normalized spacial score (nSPS) is 30.0. The summed E-state index contributed by atoms with van der Waals surface area (Å²) in [5.41, 5.74) is -0.747. The van der Waals surface area contributed by atoms with Crippen molar-refractivity contribution in [2.75, 3.05) is 6.26 Å². The van der Waals surface area contributed by atoms with Crippen molar-refractivity contribution in [1.29, 1.82) is 5.26 Å². The van der Waals surface area contributed by atoms with Gasteiger partial charge in [0.15, 0.2) is 0 Å². The fourth-order valence-electron chi connectivity index (χ4n) is 3.54. The van der Waals surface area contributed by atoms with Crippen LogP contribution in [0.3, 0.4) is 0 Å². The molecule has 1 amide bonds. The second kappa shape index (κ2) is 7.36. The van der Waals surface area contributed by atoms with Gasteiger partial charge in [0.2, 0.25) is 5.91 Å². The zero-order valence-corrected chi connectivity index (χ0v) is 13.3. The number of carbonyl (C=O) groups is 1. The third-order valence-electron chi connectivity index (χ3n) is 4.90. The average Bonchev–Trinajstić information content (AvgIpc) is 2.74. The first-order valence-electron chi connectivity index (χ1n) is 7.95. The molecule has 0 aromatic carbocycles. The minimum absolute atomic E-state index is 0.00801. The molecule has 0 heterocycles. The lowest BCUT2D eigenvalue weighted by Crippen LogP contribution is -2.46. The van der Waals surface area contributed by atoms with Crippen LogP contribution in [0, 0.1) is 16.7 Å². The van der Waals surface area contributed by atoms with Gasteiger partial charge < -0.3 is 5.32 Å². The molecule has 0 saturated heterocycles. The van der Waals surface area contributed by atoms with E-state index in [-0.39, 0.29) is 11.9 Å². The molecule has 20 heavy (non-hydrogen) atoms. The Balaban J connectivity index is 1.96. The minimum atomic E-state index is -0.747. The summed E-state index contributed by atoms with van der Waals surface area (Å²) < 4.78 is 0. The molecule has 0 spiro atoms. The highest BCUT2D eigenvalue weighted by Crippen LogP contribution is 2.35. The maximum absolute atomic E-state index is 12.6. The molecule has 2 unspecified atom stereocenters. The van der Waals surface area contributed by atoms with Crippen LogP contribution in [0.1, 0.15) is 64.2 Å². The molecule has 0 bridgehead atoms. The van der Waals surface area contributed by atoms with Crippen LogP contribution in [0.25, 0.3) is 0 Å². The number of nitriles is 1. The summed E-state index contributed by atoms with van der Waals surface area (Å²) >= 11 is 1.90. The predicted octanol–water partition coefficient (Wildman–Crippen LogP) is 3.64.